The van der Waals surface area contributed by atoms with Gasteiger partial charge < -0.3 is 25.4 Å². The molecule has 1 aromatic heterocycles. The van der Waals surface area contributed by atoms with Gasteiger partial charge in [-0.25, -0.2) is 4.98 Å². The number of benzene rings is 3. The van der Waals surface area contributed by atoms with Crippen molar-refractivity contribution in [1.29, 1.82) is 5.26 Å². The van der Waals surface area contributed by atoms with Crippen LogP contribution in [0.2, 0.25) is 0 Å². The van der Waals surface area contributed by atoms with Crippen LogP contribution in [-0.2, 0) is 30.5 Å². The lowest BCUT2D eigenvalue weighted by Gasteiger charge is -2.30. The van der Waals surface area contributed by atoms with E-state index in [0.29, 0.717) is 29.9 Å². The number of thiocarbonyl (C=S) groups is 1. The summed E-state index contributed by atoms with van der Waals surface area (Å²) in [5.74, 6) is -0.739. The molecule has 0 unspecified atom stereocenters. The first-order valence-electron chi connectivity index (χ1n) is 14.7. The number of hydrogen-bond acceptors (Lipinski definition) is 6. The minimum absolute atomic E-state index is 0.0431. The van der Waals surface area contributed by atoms with Crippen molar-refractivity contribution < 1.29 is 18.0 Å². The largest absolute Gasteiger partial charge is 0.416 e. The molecule has 0 spiro atoms. The molecule has 8 nitrogen and oxygen atoms in total. The molecule has 0 aliphatic rings. The van der Waals surface area contributed by atoms with Crippen LogP contribution in [0.25, 0.3) is 0 Å². The smallest absolute Gasteiger partial charge is 0.378 e. The van der Waals surface area contributed by atoms with Gasteiger partial charge in [0.1, 0.15) is 5.78 Å². The number of hydrogen-bond donors (Lipinski definition) is 2. The summed E-state index contributed by atoms with van der Waals surface area (Å²) in [6.45, 7) is 0.562. The second-order valence-corrected chi connectivity index (χ2v) is 11.5. The summed E-state index contributed by atoms with van der Waals surface area (Å²) in [7, 11) is 3.84. The Bertz CT molecular complexity index is 1660. The van der Waals surface area contributed by atoms with Crippen molar-refractivity contribution in [2.24, 2.45) is 11.7 Å². The Hall–Kier alpha value is -4.73. The predicted octanol–water partition coefficient (Wildman–Crippen LogP) is 5.86. The minimum Gasteiger partial charge on any atom is -0.378 e. The molecule has 0 amide bonds. The van der Waals surface area contributed by atoms with E-state index < -0.39 is 17.7 Å². The van der Waals surface area contributed by atoms with Crippen LogP contribution in [-0.4, -0.2) is 52.5 Å². The van der Waals surface area contributed by atoms with Crippen molar-refractivity contribution in [1.82, 2.24) is 14.5 Å². The van der Waals surface area contributed by atoms with Crippen LogP contribution in [0.15, 0.2) is 85.3 Å². The Balaban J connectivity index is 1.57. The summed E-state index contributed by atoms with van der Waals surface area (Å²) in [5.41, 5.74) is 9.03. The summed E-state index contributed by atoms with van der Waals surface area (Å²) < 4.78 is 43.7. The number of Topliss-reactive ketones (excluding diaryl/α,β-unsaturated/α-hetero) is 1. The SMILES string of the molecule is CN(C)c1ccc(NC(=S)N(Cc2ccccc2C(F)(F)F)C[C@H](CCN)C(=O)Cc2cncn2Cc2ccc(C#N)cc2)cc1. The lowest BCUT2D eigenvalue weighted by Crippen LogP contribution is -2.41. The van der Waals surface area contributed by atoms with Crippen molar-refractivity contribution in [3.63, 3.8) is 0 Å². The molecule has 0 saturated heterocycles. The van der Waals surface area contributed by atoms with Gasteiger partial charge in [-0.2, -0.15) is 18.4 Å². The number of anilines is 2. The fraction of sp³-hybridized carbons (Fsp3) is 0.294. The highest BCUT2D eigenvalue weighted by atomic mass is 32.1. The Morgan fingerprint density at radius 3 is 2.41 bits per heavy atom. The Kier molecular flexibility index (Phi) is 11.5. The fourth-order valence-electron chi connectivity index (χ4n) is 5.07. The molecular weight excluding hydrogens is 611 g/mol. The number of nitrogens with two attached hydrogens (primary N) is 1. The van der Waals surface area contributed by atoms with Crippen molar-refractivity contribution in [3.05, 3.63) is 113 Å². The number of halogens is 3. The molecule has 12 heteroatoms. The zero-order valence-electron chi connectivity index (χ0n) is 25.7. The van der Waals surface area contributed by atoms with Gasteiger partial charge in [-0.15, -0.1) is 0 Å². The van der Waals surface area contributed by atoms with Crippen LogP contribution >= 0.6 is 12.2 Å². The van der Waals surface area contributed by atoms with Crippen LogP contribution in [0.5, 0.6) is 0 Å². The van der Waals surface area contributed by atoms with Gasteiger partial charge in [0.05, 0.1) is 23.5 Å². The molecule has 4 aromatic rings. The number of carbonyl (C=O) groups is 1. The standard InChI is InChI=1S/C34H36F3N7OS/c1-42(2)29-13-11-28(12-14-29)41-33(46)43(21-26-5-3-4-6-31(26)34(35,36)37)22-27(15-16-38)32(45)17-30-19-40-23-44(30)20-25-9-7-24(18-39)8-10-25/h3-14,19,23,27H,15-17,20-22,38H2,1-2H3,(H,41,46)/t27-/m0/s1. The average molecular weight is 648 g/mol. The van der Waals surface area contributed by atoms with E-state index in [0.717, 1.165) is 17.3 Å². The predicted molar refractivity (Wildman–Crippen MR) is 177 cm³/mol. The molecule has 0 fully saturated rings. The topological polar surface area (TPSA) is 103 Å². The number of rotatable bonds is 13. The van der Waals surface area contributed by atoms with Crippen molar-refractivity contribution in [3.8, 4) is 6.07 Å². The van der Waals surface area contributed by atoms with Gasteiger partial charge in [0.25, 0.3) is 0 Å². The number of aromatic nitrogens is 2. The maximum absolute atomic E-state index is 13.9. The third-order valence-corrected chi connectivity index (χ3v) is 7.97. The first-order chi connectivity index (χ1) is 22.0. The van der Waals surface area contributed by atoms with Crippen LogP contribution in [0, 0.1) is 17.2 Å². The van der Waals surface area contributed by atoms with E-state index in [1.165, 1.54) is 12.1 Å². The molecule has 1 atom stereocenters. The molecule has 46 heavy (non-hydrogen) atoms. The van der Waals surface area contributed by atoms with E-state index in [1.54, 1.807) is 35.6 Å². The third kappa shape index (κ3) is 9.15. The summed E-state index contributed by atoms with van der Waals surface area (Å²) in [4.78, 5) is 21.6. The third-order valence-electron chi connectivity index (χ3n) is 7.61. The molecule has 3 aromatic carbocycles. The molecule has 0 aliphatic carbocycles. The number of nitrogens with zero attached hydrogens (tertiary/aromatic N) is 5. The normalized spacial score (nSPS) is 11.8. The summed E-state index contributed by atoms with van der Waals surface area (Å²) >= 11 is 5.74. The van der Waals surface area contributed by atoms with Gasteiger partial charge in [0.2, 0.25) is 0 Å². The van der Waals surface area contributed by atoms with Crippen molar-refractivity contribution in [2.45, 2.75) is 32.1 Å². The maximum atomic E-state index is 13.9. The Labute approximate surface area is 272 Å². The average Bonchev–Trinajstić information content (AvgIpc) is 3.46. The summed E-state index contributed by atoms with van der Waals surface area (Å²) in [6.07, 6.45) is -0.916. The lowest BCUT2D eigenvalue weighted by atomic mass is 9.95. The zero-order chi connectivity index (χ0) is 33.3. The number of nitriles is 1. The van der Waals surface area contributed by atoms with Gasteiger partial charge in [-0.3, -0.25) is 4.79 Å². The van der Waals surface area contributed by atoms with E-state index in [2.05, 4.69) is 16.4 Å². The second kappa shape index (κ2) is 15.5. The Morgan fingerprint density at radius 2 is 1.78 bits per heavy atom. The number of carbonyl (C=O) groups excluding carboxylic acids is 1. The van der Waals surface area contributed by atoms with E-state index >= 15 is 0 Å². The van der Waals surface area contributed by atoms with Crippen molar-refractivity contribution >= 4 is 34.5 Å². The van der Waals surface area contributed by atoms with E-state index in [4.69, 9.17) is 23.2 Å². The van der Waals surface area contributed by atoms with Crippen molar-refractivity contribution in [2.75, 3.05) is 37.4 Å². The summed E-state index contributed by atoms with van der Waals surface area (Å²) in [6, 6.07) is 22.1. The number of nitrogens with one attached hydrogen (secondary N) is 1. The molecule has 0 bridgehead atoms. The lowest BCUT2D eigenvalue weighted by molar-refractivity contribution is -0.138. The molecule has 0 aliphatic heterocycles. The number of alkyl halides is 3. The van der Waals surface area contributed by atoms with Crippen LogP contribution in [0.3, 0.4) is 0 Å². The number of imidazole rings is 1. The van der Waals surface area contributed by atoms with Gasteiger partial charge in [-0.05, 0) is 78.8 Å². The summed E-state index contributed by atoms with van der Waals surface area (Å²) in [5, 5.41) is 12.4. The number of ketones is 1. The molecule has 4 rings (SSSR count). The first kappa shape index (κ1) is 34.1. The van der Waals surface area contributed by atoms with E-state index in [9.17, 15) is 18.0 Å². The molecule has 1 heterocycles. The monoisotopic (exact) mass is 647 g/mol. The highest BCUT2D eigenvalue weighted by molar-refractivity contribution is 7.80. The van der Waals surface area contributed by atoms with E-state index in [1.807, 2.05) is 60.0 Å². The minimum atomic E-state index is -4.56. The second-order valence-electron chi connectivity index (χ2n) is 11.1. The van der Waals surface area contributed by atoms with Gasteiger partial charge in [0.15, 0.2) is 5.11 Å². The first-order valence-corrected chi connectivity index (χ1v) is 15.1. The van der Waals surface area contributed by atoms with Crippen LogP contribution in [0.1, 0.15) is 34.4 Å². The molecule has 0 saturated carbocycles. The van der Waals surface area contributed by atoms with Crippen LogP contribution in [0.4, 0.5) is 24.5 Å². The highest BCUT2D eigenvalue weighted by Crippen LogP contribution is 2.33. The molecule has 0 radical (unpaired) electrons. The maximum Gasteiger partial charge on any atom is 0.416 e. The quantitative estimate of drug-likeness (QED) is 0.174. The van der Waals surface area contributed by atoms with Gasteiger partial charge in [-0.1, -0.05) is 30.3 Å². The molecular formula is C34H36F3N7OS. The molecule has 240 valence electrons. The Morgan fingerprint density at radius 1 is 1.09 bits per heavy atom. The fourth-order valence-corrected chi connectivity index (χ4v) is 5.33. The van der Waals surface area contributed by atoms with Gasteiger partial charge in [0, 0.05) is 69.3 Å². The van der Waals surface area contributed by atoms with Gasteiger partial charge >= 0.3 is 6.18 Å². The van der Waals surface area contributed by atoms with E-state index in [-0.39, 0.29) is 42.5 Å². The van der Waals surface area contributed by atoms with Crippen LogP contribution < -0.4 is 16.0 Å². The highest BCUT2D eigenvalue weighted by Gasteiger charge is 2.34. The zero-order valence-corrected chi connectivity index (χ0v) is 26.5. The molecule has 3 N–H and O–H groups in total.